The number of nitrogens with one attached hydrogen (secondary N) is 1. The van der Waals surface area contributed by atoms with E-state index in [2.05, 4.69) is 16.9 Å². The van der Waals surface area contributed by atoms with Gasteiger partial charge in [0.15, 0.2) is 0 Å². The Labute approximate surface area is 172 Å². The molecule has 7 nitrogen and oxygen atoms in total. The van der Waals surface area contributed by atoms with E-state index in [4.69, 9.17) is 4.74 Å². The number of barbiturate groups is 1. The fraction of sp³-hybridized carbons (Fsp3) is 0.143. The Hall–Kier alpha value is -3.39. The van der Waals surface area contributed by atoms with Crippen LogP contribution < -0.4 is 10.1 Å². The fourth-order valence-corrected chi connectivity index (χ4v) is 3.58. The van der Waals surface area contributed by atoms with Gasteiger partial charge >= 0.3 is 6.03 Å². The zero-order chi connectivity index (χ0) is 20.8. The molecule has 0 unspecified atom stereocenters. The zero-order valence-corrected chi connectivity index (χ0v) is 16.6. The second-order valence-corrected chi connectivity index (χ2v) is 7.05. The molecule has 1 aliphatic heterocycles. The first-order valence-corrected chi connectivity index (χ1v) is 9.72. The Morgan fingerprint density at radius 2 is 2.07 bits per heavy atom. The number of pyridine rings is 1. The van der Waals surface area contributed by atoms with Gasteiger partial charge in [-0.05, 0) is 35.9 Å². The number of amides is 4. The first kappa shape index (κ1) is 20.3. The van der Waals surface area contributed by atoms with E-state index in [1.165, 1.54) is 12.2 Å². The Balaban J connectivity index is 1.88. The van der Waals surface area contributed by atoms with Crippen LogP contribution in [0.25, 0.3) is 6.08 Å². The molecule has 0 saturated carbocycles. The van der Waals surface area contributed by atoms with Crippen LogP contribution in [-0.4, -0.2) is 41.4 Å². The molecule has 2 aromatic rings. The first-order chi connectivity index (χ1) is 14.0. The van der Waals surface area contributed by atoms with Crippen molar-refractivity contribution in [2.45, 2.75) is 10.8 Å². The number of imide groups is 2. The van der Waals surface area contributed by atoms with Crippen molar-refractivity contribution < 1.29 is 19.1 Å². The average Bonchev–Trinajstić information content (AvgIpc) is 2.73. The molecule has 1 fully saturated rings. The number of carbonyl (C=O) groups excluding carboxylic acids is 3. The van der Waals surface area contributed by atoms with E-state index in [1.807, 2.05) is 24.3 Å². The van der Waals surface area contributed by atoms with Gasteiger partial charge in [-0.1, -0.05) is 18.2 Å². The summed E-state index contributed by atoms with van der Waals surface area (Å²) >= 11 is 1.54. The van der Waals surface area contributed by atoms with E-state index in [1.54, 1.807) is 37.2 Å². The van der Waals surface area contributed by atoms with Gasteiger partial charge in [0, 0.05) is 24.1 Å². The Bertz CT molecular complexity index is 989. The largest absolute Gasteiger partial charge is 0.496 e. The van der Waals surface area contributed by atoms with Crippen LogP contribution in [0.2, 0.25) is 0 Å². The minimum Gasteiger partial charge on any atom is -0.496 e. The number of methoxy groups -OCH3 is 1. The maximum atomic E-state index is 12.6. The van der Waals surface area contributed by atoms with Crippen molar-refractivity contribution in [3.8, 4) is 5.75 Å². The predicted octanol–water partition coefficient (Wildman–Crippen LogP) is 3.03. The van der Waals surface area contributed by atoms with Crippen molar-refractivity contribution in [1.82, 2.24) is 15.2 Å². The molecule has 1 aliphatic rings. The number of nitrogens with zero attached hydrogens (tertiary/aromatic N) is 2. The van der Waals surface area contributed by atoms with Crippen molar-refractivity contribution in [1.29, 1.82) is 0 Å². The summed E-state index contributed by atoms with van der Waals surface area (Å²) in [4.78, 5) is 41.8. The Morgan fingerprint density at radius 3 is 2.76 bits per heavy atom. The average molecular weight is 409 g/mol. The highest BCUT2D eigenvalue weighted by molar-refractivity contribution is 7.98. The number of hydrogen-bond donors (Lipinski definition) is 1. The van der Waals surface area contributed by atoms with Crippen LogP contribution in [0.15, 0.2) is 65.8 Å². The van der Waals surface area contributed by atoms with Crippen molar-refractivity contribution >= 4 is 35.7 Å². The molecular weight excluding hydrogens is 390 g/mol. The summed E-state index contributed by atoms with van der Waals surface area (Å²) in [5.74, 6) is -0.0869. The van der Waals surface area contributed by atoms with Crippen LogP contribution in [0.3, 0.4) is 0 Å². The van der Waals surface area contributed by atoms with Gasteiger partial charge in [-0.3, -0.25) is 19.8 Å². The second kappa shape index (κ2) is 9.20. The first-order valence-electron chi connectivity index (χ1n) is 8.74. The third-order valence-corrected chi connectivity index (χ3v) is 5.12. The highest BCUT2D eigenvalue weighted by atomic mass is 32.2. The zero-order valence-electron chi connectivity index (χ0n) is 15.8. The third kappa shape index (κ3) is 4.72. The summed E-state index contributed by atoms with van der Waals surface area (Å²) in [5.41, 5.74) is 1.42. The summed E-state index contributed by atoms with van der Waals surface area (Å²) in [5, 5.41) is 3.05. The summed E-state index contributed by atoms with van der Waals surface area (Å²) in [6.07, 6.45) is 4.61. The topological polar surface area (TPSA) is 88.6 Å². The van der Waals surface area contributed by atoms with Crippen LogP contribution in [0.5, 0.6) is 5.75 Å². The Morgan fingerprint density at radius 1 is 1.24 bits per heavy atom. The van der Waals surface area contributed by atoms with Crippen LogP contribution in [0.4, 0.5) is 4.79 Å². The smallest absolute Gasteiger partial charge is 0.331 e. The van der Waals surface area contributed by atoms with Gasteiger partial charge < -0.3 is 4.74 Å². The number of hydrogen-bond acceptors (Lipinski definition) is 6. The van der Waals surface area contributed by atoms with Gasteiger partial charge in [0.05, 0.1) is 12.1 Å². The minimum atomic E-state index is -0.751. The molecule has 1 N–H and O–H groups in total. The molecule has 2 heterocycles. The number of rotatable bonds is 7. The molecule has 4 amide bonds. The number of carbonyl (C=O) groups is 3. The fourth-order valence-electron chi connectivity index (χ4n) is 2.74. The summed E-state index contributed by atoms with van der Waals surface area (Å²) in [6.45, 7) is 3.55. The quantitative estimate of drug-likeness (QED) is 0.327. The predicted molar refractivity (Wildman–Crippen MR) is 110 cm³/mol. The van der Waals surface area contributed by atoms with Crippen LogP contribution in [-0.2, 0) is 15.3 Å². The monoisotopic (exact) mass is 409 g/mol. The van der Waals surface area contributed by atoms with E-state index in [0.717, 1.165) is 15.5 Å². The summed E-state index contributed by atoms with van der Waals surface area (Å²) in [7, 11) is 1.58. The van der Waals surface area contributed by atoms with Gasteiger partial charge in [0.25, 0.3) is 11.8 Å². The lowest BCUT2D eigenvalue weighted by molar-refractivity contribution is -0.129. The third-order valence-electron chi connectivity index (χ3n) is 4.13. The van der Waals surface area contributed by atoms with Crippen molar-refractivity contribution in [3.05, 3.63) is 72.0 Å². The molecule has 29 heavy (non-hydrogen) atoms. The SMILES string of the molecule is C=CCN1C(=O)NC(=O)/C(=C/c2ccc(OC)c(CSc3ccccn3)c2)C1=O. The van der Waals surface area contributed by atoms with Gasteiger partial charge in [-0.15, -0.1) is 18.3 Å². The highest BCUT2D eigenvalue weighted by Gasteiger charge is 2.34. The van der Waals surface area contributed by atoms with Crippen molar-refractivity contribution in [2.75, 3.05) is 13.7 Å². The number of ether oxygens (including phenoxy) is 1. The lowest BCUT2D eigenvalue weighted by Gasteiger charge is -2.25. The molecule has 1 saturated heterocycles. The normalized spacial score (nSPS) is 15.4. The lowest BCUT2D eigenvalue weighted by atomic mass is 10.0. The van der Waals surface area contributed by atoms with E-state index >= 15 is 0 Å². The maximum Gasteiger partial charge on any atom is 0.331 e. The van der Waals surface area contributed by atoms with E-state index < -0.39 is 17.8 Å². The second-order valence-electron chi connectivity index (χ2n) is 6.05. The summed E-state index contributed by atoms with van der Waals surface area (Å²) < 4.78 is 5.42. The van der Waals surface area contributed by atoms with E-state index in [9.17, 15) is 14.4 Å². The van der Waals surface area contributed by atoms with E-state index in [0.29, 0.717) is 17.1 Å². The van der Waals surface area contributed by atoms with Gasteiger partial charge in [-0.25, -0.2) is 9.78 Å². The minimum absolute atomic E-state index is 0.0177. The molecule has 1 aromatic heterocycles. The molecule has 0 atom stereocenters. The van der Waals surface area contributed by atoms with Gasteiger partial charge in [-0.2, -0.15) is 0 Å². The lowest BCUT2D eigenvalue weighted by Crippen LogP contribution is -2.54. The van der Waals surface area contributed by atoms with Gasteiger partial charge in [0.1, 0.15) is 11.3 Å². The number of benzene rings is 1. The van der Waals surface area contributed by atoms with Crippen LogP contribution >= 0.6 is 11.8 Å². The van der Waals surface area contributed by atoms with Crippen LogP contribution in [0.1, 0.15) is 11.1 Å². The summed E-state index contributed by atoms with van der Waals surface area (Å²) in [6, 6.07) is 10.3. The standard InChI is InChI=1S/C21H19N3O4S/c1-3-10-24-20(26)16(19(25)23-21(24)27)12-14-7-8-17(28-2)15(11-14)13-29-18-6-4-5-9-22-18/h3-9,11-12H,1,10,13H2,2H3,(H,23,25,27)/b16-12-. The molecule has 1 aromatic carbocycles. The highest BCUT2D eigenvalue weighted by Crippen LogP contribution is 2.28. The van der Waals surface area contributed by atoms with E-state index in [-0.39, 0.29) is 12.1 Å². The number of thioether (sulfide) groups is 1. The maximum absolute atomic E-state index is 12.6. The Kier molecular flexibility index (Phi) is 6.46. The van der Waals surface area contributed by atoms with Crippen LogP contribution in [0, 0.1) is 0 Å². The van der Waals surface area contributed by atoms with Gasteiger partial charge in [0.2, 0.25) is 0 Å². The molecule has 0 spiro atoms. The molecule has 0 bridgehead atoms. The molecular formula is C21H19N3O4S. The number of urea groups is 1. The molecule has 0 aliphatic carbocycles. The molecule has 3 rings (SSSR count). The molecule has 148 valence electrons. The number of aromatic nitrogens is 1. The van der Waals surface area contributed by atoms with Crippen molar-refractivity contribution in [2.24, 2.45) is 0 Å². The van der Waals surface area contributed by atoms with Crippen molar-refractivity contribution in [3.63, 3.8) is 0 Å². The molecule has 0 radical (unpaired) electrons. The molecule has 8 heteroatoms.